The molecule has 1 heterocycles. The van der Waals surface area contributed by atoms with Crippen LogP contribution in [0.2, 0.25) is 0 Å². The van der Waals surface area contributed by atoms with Crippen LogP contribution in [0.25, 0.3) is 0 Å². The summed E-state index contributed by atoms with van der Waals surface area (Å²) < 4.78 is 0. The van der Waals surface area contributed by atoms with E-state index in [2.05, 4.69) is 4.98 Å². The summed E-state index contributed by atoms with van der Waals surface area (Å²) in [6.45, 7) is 10.2. The SMILES string of the molecule is CCN(CC)C(=O)CN(C)c1cc(C)nc(C)c1CN. The largest absolute Gasteiger partial charge is 0.365 e. The lowest BCUT2D eigenvalue weighted by Crippen LogP contribution is -2.39. The number of nitrogens with zero attached hydrogens (tertiary/aromatic N) is 3. The Morgan fingerprint density at radius 1 is 1.30 bits per heavy atom. The minimum absolute atomic E-state index is 0.132. The first-order valence-corrected chi connectivity index (χ1v) is 7.10. The number of carbonyl (C=O) groups is 1. The fourth-order valence-corrected chi connectivity index (χ4v) is 2.39. The van der Waals surface area contributed by atoms with Gasteiger partial charge < -0.3 is 15.5 Å². The Morgan fingerprint density at radius 3 is 2.40 bits per heavy atom. The third kappa shape index (κ3) is 3.70. The van der Waals surface area contributed by atoms with Gasteiger partial charge in [0, 0.05) is 49.3 Å². The Labute approximate surface area is 121 Å². The van der Waals surface area contributed by atoms with Crippen LogP contribution in [0.5, 0.6) is 0 Å². The highest BCUT2D eigenvalue weighted by Gasteiger charge is 2.16. The standard InChI is InChI=1S/C15H26N4O/c1-6-19(7-2)15(20)10-18(5)14-8-11(3)17-12(4)13(14)9-16/h8H,6-7,9-10,16H2,1-5H3. The smallest absolute Gasteiger partial charge is 0.242 e. The molecule has 1 aromatic rings. The first-order chi connectivity index (χ1) is 9.44. The summed E-state index contributed by atoms with van der Waals surface area (Å²) in [5, 5.41) is 0. The Kier molecular flexibility index (Phi) is 5.95. The number of nitrogens with two attached hydrogens (primary N) is 1. The molecule has 2 N–H and O–H groups in total. The molecule has 0 aliphatic carbocycles. The van der Waals surface area contributed by atoms with Crippen molar-refractivity contribution in [3.8, 4) is 0 Å². The van der Waals surface area contributed by atoms with Gasteiger partial charge in [-0.25, -0.2) is 0 Å². The van der Waals surface area contributed by atoms with Gasteiger partial charge in [-0.15, -0.1) is 0 Å². The van der Waals surface area contributed by atoms with Crippen LogP contribution in [0.15, 0.2) is 6.07 Å². The summed E-state index contributed by atoms with van der Waals surface area (Å²) in [7, 11) is 1.93. The maximum atomic E-state index is 12.2. The fourth-order valence-electron chi connectivity index (χ4n) is 2.39. The zero-order valence-electron chi connectivity index (χ0n) is 13.2. The zero-order valence-corrected chi connectivity index (χ0v) is 13.2. The van der Waals surface area contributed by atoms with Gasteiger partial charge >= 0.3 is 0 Å². The summed E-state index contributed by atoms with van der Waals surface area (Å²) >= 11 is 0. The number of carbonyl (C=O) groups excluding carboxylic acids is 1. The van der Waals surface area contributed by atoms with E-state index in [1.54, 1.807) is 0 Å². The van der Waals surface area contributed by atoms with E-state index < -0.39 is 0 Å². The van der Waals surface area contributed by atoms with E-state index in [1.807, 2.05) is 50.6 Å². The van der Waals surface area contributed by atoms with Crippen molar-refractivity contribution in [1.82, 2.24) is 9.88 Å². The Bertz CT molecular complexity index is 469. The molecule has 1 rings (SSSR count). The molecule has 0 atom stereocenters. The summed E-state index contributed by atoms with van der Waals surface area (Å²) in [5.74, 6) is 0.132. The zero-order chi connectivity index (χ0) is 15.3. The molecule has 1 amide bonds. The highest BCUT2D eigenvalue weighted by atomic mass is 16.2. The second kappa shape index (κ2) is 7.24. The van der Waals surface area contributed by atoms with Crippen LogP contribution in [0.3, 0.4) is 0 Å². The van der Waals surface area contributed by atoms with Crippen LogP contribution < -0.4 is 10.6 Å². The number of amides is 1. The molecule has 0 aromatic carbocycles. The topological polar surface area (TPSA) is 62.5 Å². The average molecular weight is 278 g/mol. The summed E-state index contributed by atoms with van der Waals surface area (Å²) in [6.07, 6.45) is 0. The molecular formula is C15H26N4O. The maximum absolute atomic E-state index is 12.2. The lowest BCUT2D eigenvalue weighted by molar-refractivity contribution is -0.129. The minimum Gasteiger partial charge on any atom is -0.365 e. The second-order valence-electron chi connectivity index (χ2n) is 4.97. The highest BCUT2D eigenvalue weighted by molar-refractivity contribution is 5.81. The van der Waals surface area contributed by atoms with Gasteiger partial charge in [0.2, 0.25) is 5.91 Å². The molecule has 0 saturated heterocycles. The molecular weight excluding hydrogens is 252 g/mol. The normalized spacial score (nSPS) is 10.5. The van der Waals surface area contributed by atoms with Gasteiger partial charge in [-0.2, -0.15) is 0 Å². The quantitative estimate of drug-likeness (QED) is 0.856. The molecule has 0 unspecified atom stereocenters. The summed E-state index contributed by atoms with van der Waals surface area (Å²) in [5.41, 5.74) is 9.70. The fraction of sp³-hybridized carbons (Fsp3) is 0.600. The number of hydrogen-bond acceptors (Lipinski definition) is 4. The van der Waals surface area contributed by atoms with E-state index in [0.717, 1.165) is 35.7 Å². The van der Waals surface area contributed by atoms with Gasteiger partial charge in [0.25, 0.3) is 0 Å². The molecule has 112 valence electrons. The molecule has 0 fully saturated rings. The van der Waals surface area contributed by atoms with Crippen LogP contribution in [-0.4, -0.2) is 42.5 Å². The van der Waals surface area contributed by atoms with Crippen molar-refractivity contribution in [2.75, 3.05) is 31.6 Å². The predicted molar refractivity (Wildman–Crippen MR) is 82.8 cm³/mol. The summed E-state index contributed by atoms with van der Waals surface area (Å²) in [4.78, 5) is 20.4. The molecule has 1 aromatic heterocycles. The average Bonchev–Trinajstić information content (AvgIpc) is 2.39. The maximum Gasteiger partial charge on any atom is 0.242 e. The Hall–Kier alpha value is -1.62. The van der Waals surface area contributed by atoms with Gasteiger partial charge in [-0.3, -0.25) is 9.78 Å². The van der Waals surface area contributed by atoms with E-state index in [0.29, 0.717) is 13.1 Å². The van der Waals surface area contributed by atoms with Crippen LogP contribution in [0, 0.1) is 13.8 Å². The predicted octanol–water partition coefficient (Wildman–Crippen LogP) is 1.46. The van der Waals surface area contributed by atoms with Gasteiger partial charge in [-0.05, 0) is 33.8 Å². The van der Waals surface area contributed by atoms with Crippen molar-refractivity contribution in [2.24, 2.45) is 5.73 Å². The van der Waals surface area contributed by atoms with Crippen LogP contribution >= 0.6 is 0 Å². The molecule has 0 aliphatic heterocycles. The van der Waals surface area contributed by atoms with Gasteiger partial charge in [0.15, 0.2) is 0 Å². The van der Waals surface area contributed by atoms with Crippen molar-refractivity contribution >= 4 is 11.6 Å². The van der Waals surface area contributed by atoms with Crippen molar-refractivity contribution in [1.29, 1.82) is 0 Å². The van der Waals surface area contributed by atoms with Crippen molar-refractivity contribution < 1.29 is 4.79 Å². The van der Waals surface area contributed by atoms with Crippen molar-refractivity contribution in [2.45, 2.75) is 34.2 Å². The second-order valence-corrected chi connectivity index (χ2v) is 4.97. The molecule has 0 radical (unpaired) electrons. The van der Waals surface area contributed by atoms with Crippen LogP contribution in [0.4, 0.5) is 5.69 Å². The number of anilines is 1. The van der Waals surface area contributed by atoms with Crippen molar-refractivity contribution in [3.05, 3.63) is 23.0 Å². The first-order valence-electron chi connectivity index (χ1n) is 7.10. The van der Waals surface area contributed by atoms with E-state index in [9.17, 15) is 4.79 Å². The van der Waals surface area contributed by atoms with E-state index in [1.165, 1.54) is 0 Å². The van der Waals surface area contributed by atoms with E-state index >= 15 is 0 Å². The van der Waals surface area contributed by atoms with E-state index in [-0.39, 0.29) is 5.91 Å². The number of hydrogen-bond donors (Lipinski definition) is 1. The van der Waals surface area contributed by atoms with Crippen LogP contribution in [-0.2, 0) is 11.3 Å². The number of pyridine rings is 1. The summed E-state index contributed by atoms with van der Waals surface area (Å²) in [6, 6.07) is 1.99. The molecule has 0 bridgehead atoms. The third-order valence-electron chi connectivity index (χ3n) is 3.54. The van der Waals surface area contributed by atoms with Crippen LogP contribution in [0.1, 0.15) is 30.8 Å². The highest BCUT2D eigenvalue weighted by Crippen LogP contribution is 2.22. The molecule has 0 spiro atoms. The first kappa shape index (κ1) is 16.4. The van der Waals surface area contributed by atoms with Gasteiger partial charge in [-0.1, -0.05) is 0 Å². The molecule has 0 saturated carbocycles. The van der Waals surface area contributed by atoms with Gasteiger partial charge in [0.05, 0.1) is 6.54 Å². The lowest BCUT2D eigenvalue weighted by atomic mass is 10.1. The van der Waals surface area contributed by atoms with E-state index in [4.69, 9.17) is 5.73 Å². The number of aryl methyl sites for hydroxylation is 2. The monoisotopic (exact) mass is 278 g/mol. The lowest BCUT2D eigenvalue weighted by Gasteiger charge is -2.26. The molecule has 0 aliphatic rings. The molecule has 5 heteroatoms. The number of likely N-dealkylation sites (N-methyl/N-ethyl adjacent to an activating group) is 2. The van der Waals surface area contributed by atoms with Gasteiger partial charge in [0.1, 0.15) is 0 Å². The Balaban J connectivity index is 2.97. The van der Waals surface area contributed by atoms with Crippen molar-refractivity contribution in [3.63, 3.8) is 0 Å². The Morgan fingerprint density at radius 2 is 1.90 bits per heavy atom. The molecule has 5 nitrogen and oxygen atoms in total. The number of rotatable bonds is 6. The number of aromatic nitrogens is 1. The third-order valence-corrected chi connectivity index (χ3v) is 3.54. The molecule has 20 heavy (non-hydrogen) atoms. The minimum atomic E-state index is 0.132.